The highest BCUT2D eigenvalue weighted by Gasteiger charge is 2.30. The van der Waals surface area contributed by atoms with E-state index in [0.717, 1.165) is 38.4 Å². The van der Waals surface area contributed by atoms with E-state index in [1.165, 1.54) is 0 Å². The highest BCUT2D eigenvalue weighted by atomic mass is 16.2. The average molecular weight is 241 g/mol. The molecule has 0 aromatic rings. The molecular formula is C12H23N3O2. The van der Waals surface area contributed by atoms with Gasteiger partial charge in [-0.1, -0.05) is 0 Å². The molecule has 1 saturated heterocycles. The summed E-state index contributed by atoms with van der Waals surface area (Å²) < 4.78 is 0. The largest absolute Gasteiger partial charge is 0.332 e. The summed E-state index contributed by atoms with van der Waals surface area (Å²) in [4.78, 5) is 25.0. The summed E-state index contributed by atoms with van der Waals surface area (Å²) in [5.41, 5.74) is 5.45. The maximum absolute atomic E-state index is 12.3. The molecule has 98 valence electrons. The maximum atomic E-state index is 12.3. The standard InChI is InChI=1S/C12H23N3O2/c1-14-11(6-4-7-13)12(17)15-8-3-2-5-10(15)9-16/h9-11,14H,2-8,13H2,1H3/t10-,11?/m1/s1. The van der Waals surface area contributed by atoms with Crippen LogP contribution in [0.15, 0.2) is 0 Å². The summed E-state index contributed by atoms with van der Waals surface area (Å²) in [6.45, 7) is 1.28. The molecule has 5 heteroatoms. The lowest BCUT2D eigenvalue weighted by Gasteiger charge is -2.34. The van der Waals surface area contributed by atoms with Crippen molar-refractivity contribution in [2.45, 2.75) is 44.2 Å². The lowest BCUT2D eigenvalue weighted by molar-refractivity contribution is -0.139. The van der Waals surface area contributed by atoms with E-state index in [4.69, 9.17) is 5.73 Å². The number of nitrogens with two attached hydrogens (primary N) is 1. The monoisotopic (exact) mass is 241 g/mol. The Hall–Kier alpha value is -0.940. The summed E-state index contributed by atoms with van der Waals surface area (Å²) >= 11 is 0. The van der Waals surface area contributed by atoms with Crippen LogP contribution in [0.3, 0.4) is 0 Å². The van der Waals surface area contributed by atoms with Crippen LogP contribution in [0, 0.1) is 0 Å². The van der Waals surface area contributed by atoms with E-state index in [1.54, 1.807) is 11.9 Å². The Morgan fingerprint density at radius 1 is 1.59 bits per heavy atom. The second-order valence-electron chi connectivity index (χ2n) is 4.50. The minimum Gasteiger partial charge on any atom is -0.332 e. The quantitative estimate of drug-likeness (QED) is 0.636. The Balaban J connectivity index is 2.60. The molecule has 1 aliphatic heterocycles. The van der Waals surface area contributed by atoms with Gasteiger partial charge in [0.15, 0.2) is 0 Å². The van der Waals surface area contributed by atoms with Gasteiger partial charge < -0.3 is 20.7 Å². The van der Waals surface area contributed by atoms with Crippen molar-refractivity contribution in [3.63, 3.8) is 0 Å². The number of hydrogen-bond donors (Lipinski definition) is 2. The molecule has 1 unspecified atom stereocenters. The van der Waals surface area contributed by atoms with E-state index in [0.29, 0.717) is 13.1 Å². The molecule has 0 bridgehead atoms. The van der Waals surface area contributed by atoms with Crippen molar-refractivity contribution >= 4 is 12.2 Å². The number of nitrogens with one attached hydrogen (secondary N) is 1. The summed E-state index contributed by atoms with van der Waals surface area (Å²) in [7, 11) is 1.78. The van der Waals surface area contributed by atoms with Gasteiger partial charge in [0.2, 0.25) is 5.91 Å². The number of amides is 1. The van der Waals surface area contributed by atoms with Gasteiger partial charge in [-0.05, 0) is 45.7 Å². The third kappa shape index (κ3) is 3.78. The van der Waals surface area contributed by atoms with Gasteiger partial charge in [0, 0.05) is 6.54 Å². The first kappa shape index (κ1) is 14.1. The SMILES string of the molecule is CNC(CCCN)C(=O)N1CCCC[C@@H]1C=O. The first-order valence-corrected chi connectivity index (χ1v) is 6.37. The van der Waals surface area contributed by atoms with Gasteiger partial charge in [-0.15, -0.1) is 0 Å². The zero-order valence-corrected chi connectivity index (χ0v) is 10.5. The van der Waals surface area contributed by atoms with Crippen LogP contribution in [0.4, 0.5) is 0 Å². The van der Waals surface area contributed by atoms with Gasteiger partial charge in [-0.3, -0.25) is 4.79 Å². The van der Waals surface area contributed by atoms with Crippen molar-refractivity contribution in [1.29, 1.82) is 0 Å². The Morgan fingerprint density at radius 2 is 2.35 bits per heavy atom. The van der Waals surface area contributed by atoms with Crippen molar-refractivity contribution in [3.8, 4) is 0 Å². The number of piperidine rings is 1. The molecule has 3 N–H and O–H groups in total. The van der Waals surface area contributed by atoms with E-state index >= 15 is 0 Å². The van der Waals surface area contributed by atoms with Crippen molar-refractivity contribution in [1.82, 2.24) is 10.2 Å². The fraction of sp³-hybridized carbons (Fsp3) is 0.833. The van der Waals surface area contributed by atoms with Gasteiger partial charge in [0.05, 0.1) is 12.1 Å². The smallest absolute Gasteiger partial charge is 0.240 e. The number of likely N-dealkylation sites (tertiary alicyclic amines) is 1. The predicted octanol–water partition coefficient (Wildman–Crippen LogP) is -0.107. The molecule has 1 aliphatic rings. The molecule has 17 heavy (non-hydrogen) atoms. The zero-order valence-electron chi connectivity index (χ0n) is 10.5. The number of aldehydes is 1. The summed E-state index contributed by atoms with van der Waals surface area (Å²) in [6, 6.07) is -0.441. The highest BCUT2D eigenvalue weighted by molar-refractivity contribution is 5.84. The van der Waals surface area contributed by atoms with Crippen LogP contribution in [-0.2, 0) is 9.59 Å². The van der Waals surface area contributed by atoms with E-state index in [2.05, 4.69) is 5.32 Å². The van der Waals surface area contributed by atoms with Gasteiger partial charge in [0.1, 0.15) is 6.29 Å². The molecular weight excluding hydrogens is 218 g/mol. The predicted molar refractivity (Wildman–Crippen MR) is 66.6 cm³/mol. The molecule has 5 nitrogen and oxygen atoms in total. The third-order valence-electron chi connectivity index (χ3n) is 3.33. The molecule has 0 spiro atoms. The highest BCUT2D eigenvalue weighted by Crippen LogP contribution is 2.17. The number of carbonyl (C=O) groups excluding carboxylic acids is 2. The van der Waals surface area contributed by atoms with E-state index in [-0.39, 0.29) is 18.0 Å². The van der Waals surface area contributed by atoms with Gasteiger partial charge in [-0.25, -0.2) is 0 Å². The fourth-order valence-corrected chi connectivity index (χ4v) is 2.29. The van der Waals surface area contributed by atoms with Crippen LogP contribution in [-0.4, -0.2) is 49.3 Å². The molecule has 1 fully saturated rings. The van der Waals surface area contributed by atoms with Crippen LogP contribution in [0.25, 0.3) is 0 Å². The topological polar surface area (TPSA) is 75.4 Å². The number of hydrogen-bond acceptors (Lipinski definition) is 4. The average Bonchev–Trinajstić information content (AvgIpc) is 2.39. The molecule has 0 aromatic carbocycles. The first-order valence-electron chi connectivity index (χ1n) is 6.37. The Bertz CT molecular complexity index is 258. The van der Waals surface area contributed by atoms with E-state index in [9.17, 15) is 9.59 Å². The minimum absolute atomic E-state index is 0.0396. The van der Waals surface area contributed by atoms with Crippen LogP contribution < -0.4 is 11.1 Å². The molecule has 1 amide bonds. The normalized spacial score (nSPS) is 22.2. The molecule has 0 aromatic heterocycles. The van der Waals surface area contributed by atoms with Crippen molar-refractivity contribution < 1.29 is 9.59 Å². The Labute approximate surface area is 103 Å². The second-order valence-corrected chi connectivity index (χ2v) is 4.50. The molecule has 0 radical (unpaired) electrons. The van der Waals surface area contributed by atoms with Crippen LogP contribution >= 0.6 is 0 Å². The maximum Gasteiger partial charge on any atom is 0.240 e. The lowest BCUT2D eigenvalue weighted by Crippen LogP contribution is -2.52. The molecule has 0 aliphatic carbocycles. The number of nitrogens with zero attached hydrogens (tertiary/aromatic N) is 1. The Morgan fingerprint density at radius 3 is 2.94 bits per heavy atom. The molecule has 0 saturated carbocycles. The minimum atomic E-state index is -0.232. The Kier molecular flexibility index (Phi) is 6.15. The van der Waals surface area contributed by atoms with Crippen molar-refractivity contribution in [2.24, 2.45) is 5.73 Å². The van der Waals surface area contributed by atoms with Crippen molar-refractivity contribution in [2.75, 3.05) is 20.1 Å². The number of carbonyl (C=O) groups is 2. The summed E-state index contributed by atoms with van der Waals surface area (Å²) in [5.74, 6) is 0.0396. The summed E-state index contributed by atoms with van der Waals surface area (Å²) in [5, 5.41) is 3.02. The molecule has 2 atom stereocenters. The van der Waals surface area contributed by atoms with Crippen molar-refractivity contribution in [3.05, 3.63) is 0 Å². The fourth-order valence-electron chi connectivity index (χ4n) is 2.29. The van der Waals surface area contributed by atoms with Gasteiger partial charge in [0.25, 0.3) is 0 Å². The summed E-state index contributed by atoms with van der Waals surface area (Å²) in [6.07, 6.45) is 5.25. The van der Waals surface area contributed by atoms with Crippen LogP contribution in [0.5, 0.6) is 0 Å². The van der Waals surface area contributed by atoms with Crippen LogP contribution in [0.1, 0.15) is 32.1 Å². The zero-order chi connectivity index (χ0) is 12.7. The van der Waals surface area contributed by atoms with E-state index < -0.39 is 0 Å². The number of likely N-dealkylation sites (N-methyl/N-ethyl adjacent to an activating group) is 1. The third-order valence-corrected chi connectivity index (χ3v) is 3.33. The lowest BCUT2D eigenvalue weighted by atomic mass is 10.0. The van der Waals surface area contributed by atoms with E-state index in [1.807, 2.05) is 0 Å². The first-order chi connectivity index (χ1) is 8.24. The van der Waals surface area contributed by atoms with Gasteiger partial charge >= 0.3 is 0 Å². The van der Waals surface area contributed by atoms with Crippen LogP contribution in [0.2, 0.25) is 0 Å². The molecule has 1 rings (SSSR count). The second kappa shape index (κ2) is 7.40. The molecule has 1 heterocycles. The number of rotatable bonds is 6. The van der Waals surface area contributed by atoms with Gasteiger partial charge in [-0.2, -0.15) is 0 Å².